The lowest BCUT2D eigenvalue weighted by Crippen LogP contribution is -2.63. The number of hydrogen-bond acceptors (Lipinski definition) is 8. The predicted octanol–water partition coefficient (Wildman–Crippen LogP) is 0.529. The molecule has 4 atom stereocenters. The van der Waals surface area contributed by atoms with E-state index in [0.717, 1.165) is 0 Å². The second-order valence-electron chi connectivity index (χ2n) is 5.84. The molecule has 8 heteroatoms. The molecule has 0 aromatic heterocycles. The second kappa shape index (κ2) is 7.02. The Morgan fingerprint density at radius 2 is 0.750 bits per heavy atom. The fourth-order valence-electron chi connectivity index (χ4n) is 3.29. The van der Waals surface area contributed by atoms with Gasteiger partial charge in [0.05, 0.1) is 11.8 Å². The van der Waals surface area contributed by atoms with Crippen LogP contribution < -0.4 is 0 Å². The molecule has 0 aromatic rings. The van der Waals surface area contributed by atoms with Gasteiger partial charge in [-0.1, -0.05) is 12.2 Å². The van der Waals surface area contributed by atoms with Crippen molar-refractivity contribution in [2.75, 3.05) is 0 Å². The van der Waals surface area contributed by atoms with Crippen LogP contribution in [0, 0.1) is 11.8 Å². The van der Waals surface area contributed by atoms with E-state index in [-0.39, 0.29) is 0 Å². The van der Waals surface area contributed by atoms with Gasteiger partial charge >= 0.3 is 23.9 Å². The van der Waals surface area contributed by atoms with Gasteiger partial charge < -0.3 is 18.9 Å². The van der Waals surface area contributed by atoms with Crippen molar-refractivity contribution < 1.29 is 38.1 Å². The smallest absolute Gasteiger partial charge is 0.303 e. The number of hydrogen-bond donors (Lipinski definition) is 0. The molecule has 0 amide bonds. The first-order valence-electron chi connectivity index (χ1n) is 7.58. The Labute approximate surface area is 139 Å². The number of esters is 4. The van der Waals surface area contributed by atoms with Crippen molar-refractivity contribution >= 4 is 23.9 Å². The molecule has 24 heavy (non-hydrogen) atoms. The fraction of sp³-hybridized carbons (Fsp3) is 0.625. The van der Waals surface area contributed by atoms with E-state index in [1.54, 1.807) is 12.2 Å². The zero-order chi connectivity index (χ0) is 18.0. The number of fused-ring (bicyclic) bond motifs is 2. The second-order valence-corrected chi connectivity index (χ2v) is 5.84. The molecule has 132 valence electrons. The molecular formula is C16H20O8. The first-order chi connectivity index (χ1) is 11.2. The van der Waals surface area contributed by atoms with Gasteiger partial charge in [-0.3, -0.25) is 19.2 Å². The molecule has 8 nitrogen and oxygen atoms in total. The van der Waals surface area contributed by atoms with Crippen LogP contribution in [0.4, 0.5) is 0 Å². The van der Waals surface area contributed by atoms with Crippen molar-refractivity contribution in [1.82, 2.24) is 0 Å². The quantitative estimate of drug-likeness (QED) is 0.414. The van der Waals surface area contributed by atoms with Crippen LogP contribution in [0.1, 0.15) is 27.7 Å². The van der Waals surface area contributed by atoms with Crippen LogP contribution >= 0.6 is 0 Å². The van der Waals surface area contributed by atoms with Gasteiger partial charge in [-0.2, -0.15) is 0 Å². The first-order valence-corrected chi connectivity index (χ1v) is 7.58. The molecule has 3 aliphatic rings. The molecule has 0 radical (unpaired) electrons. The summed E-state index contributed by atoms with van der Waals surface area (Å²) in [6.45, 7) is 4.95. The highest BCUT2D eigenvalue weighted by Crippen LogP contribution is 2.43. The van der Waals surface area contributed by atoms with Crippen LogP contribution in [0.25, 0.3) is 0 Å². The summed E-state index contributed by atoms with van der Waals surface area (Å²) >= 11 is 0. The summed E-state index contributed by atoms with van der Waals surface area (Å²) in [5.74, 6) is -3.38. The van der Waals surface area contributed by atoms with Gasteiger partial charge in [0.15, 0.2) is 0 Å². The summed E-state index contributed by atoms with van der Waals surface area (Å²) in [4.78, 5) is 45.7. The zero-order valence-corrected chi connectivity index (χ0v) is 13.9. The molecule has 3 rings (SSSR count). The Bertz CT molecular complexity index is 487. The van der Waals surface area contributed by atoms with Gasteiger partial charge in [-0.05, 0) is 0 Å². The Kier molecular flexibility index (Phi) is 5.26. The van der Waals surface area contributed by atoms with Crippen LogP contribution in [0.3, 0.4) is 0 Å². The lowest BCUT2D eigenvalue weighted by Gasteiger charge is -2.50. The van der Waals surface area contributed by atoms with E-state index >= 15 is 0 Å². The molecule has 0 aromatic carbocycles. The molecule has 1 fully saturated rings. The van der Waals surface area contributed by atoms with Gasteiger partial charge in [-0.15, -0.1) is 0 Å². The van der Waals surface area contributed by atoms with Crippen LogP contribution in [-0.4, -0.2) is 48.3 Å². The SMILES string of the molecule is CC(=O)O[C@@H]1C2C=CC([C@@H]1OC(C)=O)[C@H](OC(C)=O)[C@@H]2OC(C)=O. The maximum Gasteiger partial charge on any atom is 0.303 e. The van der Waals surface area contributed by atoms with Gasteiger partial charge in [0.1, 0.15) is 24.4 Å². The number of carbonyl (C=O) groups is 4. The van der Waals surface area contributed by atoms with Crippen molar-refractivity contribution in [3.63, 3.8) is 0 Å². The molecule has 0 spiro atoms. The summed E-state index contributed by atoms with van der Waals surface area (Å²) in [7, 11) is 0. The Balaban J connectivity index is 2.39. The number of carbonyl (C=O) groups excluding carboxylic acids is 4. The third-order valence-corrected chi connectivity index (χ3v) is 3.93. The van der Waals surface area contributed by atoms with Gasteiger partial charge in [0.25, 0.3) is 0 Å². The molecular weight excluding hydrogens is 320 g/mol. The van der Waals surface area contributed by atoms with Gasteiger partial charge in [0.2, 0.25) is 0 Å². The molecule has 1 saturated carbocycles. The average molecular weight is 340 g/mol. The minimum absolute atomic E-state index is 0.552. The monoisotopic (exact) mass is 340 g/mol. The highest BCUT2D eigenvalue weighted by molar-refractivity contribution is 5.69. The van der Waals surface area contributed by atoms with E-state index in [1.807, 2.05) is 0 Å². The molecule has 0 N–H and O–H groups in total. The lowest BCUT2D eigenvalue weighted by molar-refractivity contribution is -0.219. The number of ether oxygens (including phenoxy) is 4. The normalized spacial score (nSPS) is 33.5. The first kappa shape index (κ1) is 18.0. The molecule has 0 saturated heterocycles. The summed E-state index contributed by atoms with van der Waals surface area (Å²) in [5, 5.41) is 0. The number of rotatable bonds is 4. The largest absolute Gasteiger partial charge is 0.458 e. The summed E-state index contributed by atoms with van der Waals surface area (Å²) < 4.78 is 21.2. The zero-order valence-electron chi connectivity index (χ0n) is 13.9. The van der Waals surface area contributed by atoms with E-state index in [9.17, 15) is 19.2 Å². The molecule has 0 heterocycles. The fourth-order valence-corrected chi connectivity index (χ4v) is 3.29. The van der Waals surface area contributed by atoms with E-state index in [1.165, 1.54) is 27.7 Å². The molecule has 0 unspecified atom stereocenters. The highest BCUT2D eigenvalue weighted by Gasteiger charge is 2.58. The predicted molar refractivity (Wildman–Crippen MR) is 78.3 cm³/mol. The van der Waals surface area contributed by atoms with Gasteiger partial charge in [-0.25, -0.2) is 0 Å². The van der Waals surface area contributed by atoms with Crippen LogP contribution in [-0.2, 0) is 38.1 Å². The van der Waals surface area contributed by atoms with Crippen LogP contribution in [0.2, 0.25) is 0 Å². The van der Waals surface area contributed by atoms with E-state index < -0.39 is 60.1 Å². The lowest BCUT2D eigenvalue weighted by atomic mass is 9.68. The van der Waals surface area contributed by atoms with E-state index in [2.05, 4.69) is 0 Å². The maximum absolute atomic E-state index is 11.4. The van der Waals surface area contributed by atoms with Gasteiger partial charge in [0, 0.05) is 27.7 Å². The summed E-state index contributed by atoms with van der Waals surface area (Å²) in [6.07, 6.45) is 0.169. The van der Waals surface area contributed by atoms with Crippen molar-refractivity contribution in [2.24, 2.45) is 11.8 Å². The van der Waals surface area contributed by atoms with Crippen molar-refractivity contribution in [2.45, 2.75) is 52.1 Å². The topological polar surface area (TPSA) is 105 Å². The summed E-state index contributed by atoms with van der Waals surface area (Å²) in [6, 6.07) is 0. The van der Waals surface area contributed by atoms with Crippen LogP contribution in [0.15, 0.2) is 12.2 Å². The molecule has 2 bridgehead atoms. The van der Waals surface area contributed by atoms with E-state index in [4.69, 9.17) is 18.9 Å². The molecule has 0 aliphatic heterocycles. The Morgan fingerprint density at radius 3 is 0.917 bits per heavy atom. The third-order valence-electron chi connectivity index (χ3n) is 3.93. The summed E-state index contributed by atoms with van der Waals surface area (Å²) in [5.41, 5.74) is 0. The maximum atomic E-state index is 11.4. The van der Waals surface area contributed by atoms with Crippen molar-refractivity contribution in [1.29, 1.82) is 0 Å². The minimum Gasteiger partial charge on any atom is -0.458 e. The minimum atomic E-state index is -0.822. The average Bonchev–Trinajstić information content (AvgIpc) is 2.42. The van der Waals surface area contributed by atoms with Crippen LogP contribution in [0.5, 0.6) is 0 Å². The standard InChI is InChI=1S/C16H20O8/c1-7(17)21-13-11-5-6-12(14(13)22-8(2)18)16(24-10(4)20)15(11)23-9(3)19/h5-6,11-16H,1-4H3/t11?,12?,13-,14+,15-,16+. The molecule has 3 aliphatic carbocycles. The highest BCUT2D eigenvalue weighted by atomic mass is 16.6. The Hall–Kier alpha value is -2.38. The van der Waals surface area contributed by atoms with E-state index in [0.29, 0.717) is 0 Å². The Morgan fingerprint density at radius 1 is 0.542 bits per heavy atom. The van der Waals surface area contributed by atoms with Crippen molar-refractivity contribution in [3.05, 3.63) is 12.2 Å². The van der Waals surface area contributed by atoms with Crippen molar-refractivity contribution in [3.8, 4) is 0 Å². The third kappa shape index (κ3) is 3.74.